The fourth-order valence-corrected chi connectivity index (χ4v) is 5.15. The normalized spacial score (nSPS) is 38.3. The molecule has 2 bridgehead atoms. The van der Waals surface area contributed by atoms with Gasteiger partial charge in [0.05, 0.1) is 5.92 Å². The van der Waals surface area contributed by atoms with Crippen LogP contribution < -0.4 is 0 Å². The Hall–Kier alpha value is -1.06. The lowest BCUT2D eigenvalue weighted by atomic mass is 9.76. The van der Waals surface area contributed by atoms with Crippen LogP contribution >= 0.6 is 0 Å². The third-order valence-electron chi connectivity index (χ3n) is 6.80. The molecule has 130 valence electrons. The van der Waals surface area contributed by atoms with E-state index in [9.17, 15) is 9.59 Å². The molecule has 3 aliphatic carbocycles. The third kappa shape index (κ3) is 3.41. The molecule has 0 heterocycles. The molecule has 4 nitrogen and oxygen atoms in total. The largest absolute Gasteiger partial charge is 0.457 e. The van der Waals surface area contributed by atoms with Gasteiger partial charge >= 0.3 is 11.9 Å². The van der Waals surface area contributed by atoms with E-state index in [1.807, 2.05) is 6.92 Å². The molecule has 0 aromatic heterocycles. The Morgan fingerprint density at radius 1 is 1.04 bits per heavy atom. The van der Waals surface area contributed by atoms with Gasteiger partial charge in [0.15, 0.2) is 6.61 Å². The Balaban J connectivity index is 1.45. The monoisotopic (exact) mass is 322 g/mol. The van der Waals surface area contributed by atoms with Gasteiger partial charge in [0.2, 0.25) is 0 Å². The van der Waals surface area contributed by atoms with Gasteiger partial charge in [-0.05, 0) is 69.1 Å². The van der Waals surface area contributed by atoms with Crippen LogP contribution in [-0.4, -0.2) is 24.1 Å². The van der Waals surface area contributed by atoms with Crippen LogP contribution in [0, 0.1) is 29.6 Å². The maximum Gasteiger partial charge on any atom is 0.344 e. The molecule has 0 saturated heterocycles. The zero-order valence-electron chi connectivity index (χ0n) is 14.7. The lowest BCUT2D eigenvalue weighted by Crippen LogP contribution is -2.36. The molecular formula is C19H30O4. The second kappa shape index (κ2) is 6.45. The van der Waals surface area contributed by atoms with Crippen LogP contribution in [0.15, 0.2) is 0 Å². The third-order valence-corrected chi connectivity index (χ3v) is 6.80. The zero-order chi connectivity index (χ0) is 16.6. The molecule has 0 N–H and O–H groups in total. The fraction of sp³-hybridized carbons (Fsp3) is 0.895. The lowest BCUT2D eigenvalue weighted by molar-refractivity contribution is -0.173. The average Bonchev–Trinajstić information content (AvgIpc) is 3.06. The van der Waals surface area contributed by atoms with E-state index >= 15 is 0 Å². The zero-order valence-corrected chi connectivity index (χ0v) is 14.7. The van der Waals surface area contributed by atoms with E-state index in [-0.39, 0.29) is 24.1 Å². The number of rotatable bonds is 4. The van der Waals surface area contributed by atoms with Gasteiger partial charge in [0.1, 0.15) is 5.60 Å². The van der Waals surface area contributed by atoms with Crippen LogP contribution in [0.2, 0.25) is 0 Å². The Kier molecular flexibility index (Phi) is 4.70. The van der Waals surface area contributed by atoms with Crippen LogP contribution in [0.3, 0.4) is 0 Å². The minimum atomic E-state index is -0.396. The van der Waals surface area contributed by atoms with Gasteiger partial charge in [-0.3, -0.25) is 4.79 Å². The highest BCUT2D eigenvalue weighted by molar-refractivity contribution is 5.78. The van der Waals surface area contributed by atoms with Crippen LogP contribution in [0.4, 0.5) is 0 Å². The van der Waals surface area contributed by atoms with Crippen molar-refractivity contribution >= 4 is 11.9 Å². The summed E-state index contributed by atoms with van der Waals surface area (Å²) in [4.78, 5) is 24.3. The van der Waals surface area contributed by atoms with Gasteiger partial charge in [-0.25, -0.2) is 4.79 Å². The molecule has 0 amide bonds. The number of carbonyl (C=O) groups is 2. The number of carbonyl (C=O) groups excluding carboxylic acids is 2. The fourth-order valence-electron chi connectivity index (χ4n) is 5.15. The number of ether oxygens (including phenoxy) is 2. The Morgan fingerprint density at radius 3 is 2.35 bits per heavy atom. The van der Waals surface area contributed by atoms with Crippen molar-refractivity contribution in [2.24, 2.45) is 29.6 Å². The van der Waals surface area contributed by atoms with Crippen molar-refractivity contribution in [3.05, 3.63) is 0 Å². The molecule has 0 radical (unpaired) electrons. The van der Waals surface area contributed by atoms with Crippen molar-refractivity contribution in [3.63, 3.8) is 0 Å². The van der Waals surface area contributed by atoms with Crippen molar-refractivity contribution in [1.82, 2.24) is 0 Å². The average molecular weight is 322 g/mol. The number of fused-ring (bicyclic) bond motifs is 2. The summed E-state index contributed by atoms with van der Waals surface area (Å²) in [5.41, 5.74) is -0.363. The number of hydrogen-bond donors (Lipinski definition) is 0. The molecular weight excluding hydrogens is 292 g/mol. The Labute approximate surface area is 139 Å². The minimum Gasteiger partial charge on any atom is -0.457 e. The molecule has 0 aromatic carbocycles. The first-order valence-corrected chi connectivity index (χ1v) is 9.28. The highest BCUT2D eigenvalue weighted by Gasteiger charge is 2.51. The molecule has 3 saturated carbocycles. The molecule has 0 spiro atoms. The number of hydrogen-bond acceptors (Lipinski definition) is 4. The smallest absolute Gasteiger partial charge is 0.344 e. The van der Waals surface area contributed by atoms with E-state index in [1.165, 1.54) is 6.42 Å². The molecule has 23 heavy (non-hydrogen) atoms. The minimum absolute atomic E-state index is 0.00994. The molecule has 3 rings (SSSR count). The van der Waals surface area contributed by atoms with E-state index in [4.69, 9.17) is 9.47 Å². The topological polar surface area (TPSA) is 52.6 Å². The van der Waals surface area contributed by atoms with Crippen molar-refractivity contribution in [2.45, 2.75) is 71.3 Å². The van der Waals surface area contributed by atoms with Crippen LogP contribution in [-0.2, 0) is 19.1 Å². The predicted octanol–water partition coefficient (Wildman–Crippen LogP) is 3.72. The first kappa shape index (κ1) is 16.8. The van der Waals surface area contributed by atoms with Crippen LogP contribution in [0.5, 0.6) is 0 Å². The van der Waals surface area contributed by atoms with Crippen molar-refractivity contribution < 1.29 is 19.1 Å². The Morgan fingerprint density at radius 2 is 1.74 bits per heavy atom. The first-order valence-electron chi connectivity index (χ1n) is 9.28. The van der Waals surface area contributed by atoms with Crippen LogP contribution in [0.1, 0.15) is 65.7 Å². The standard InChI is InChI=1S/C19H30O4/c1-12-13(2)15-9-14(12)10-16(15)18(21)22-11-17(20)23-19(3)7-5-4-6-8-19/h12-16H,4-11H2,1-3H3. The van der Waals surface area contributed by atoms with Crippen molar-refractivity contribution in [3.8, 4) is 0 Å². The second-order valence-electron chi connectivity index (χ2n) is 8.31. The summed E-state index contributed by atoms with van der Waals surface area (Å²) in [5.74, 6) is 1.79. The summed E-state index contributed by atoms with van der Waals surface area (Å²) < 4.78 is 10.9. The molecule has 3 aliphatic rings. The SMILES string of the molecule is CC1C2CC(C(=O)OCC(=O)OC3(C)CCCCC3)C(C2)C1C. The van der Waals surface area contributed by atoms with Crippen molar-refractivity contribution in [1.29, 1.82) is 0 Å². The first-order chi connectivity index (χ1) is 10.9. The van der Waals surface area contributed by atoms with E-state index in [2.05, 4.69) is 13.8 Å². The predicted molar refractivity (Wildman–Crippen MR) is 86.6 cm³/mol. The summed E-state index contributed by atoms with van der Waals surface area (Å²) in [6, 6.07) is 0. The van der Waals surface area contributed by atoms with Gasteiger partial charge < -0.3 is 9.47 Å². The highest BCUT2D eigenvalue weighted by atomic mass is 16.6. The van der Waals surface area contributed by atoms with Gasteiger partial charge in [-0.1, -0.05) is 20.3 Å². The number of esters is 2. The summed E-state index contributed by atoms with van der Waals surface area (Å²) in [6.45, 7) is 6.29. The second-order valence-corrected chi connectivity index (χ2v) is 8.31. The van der Waals surface area contributed by atoms with Gasteiger partial charge in [0, 0.05) is 0 Å². The van der Waals surface area contributed by atoms with E-state index in [1.54, 1.807) is 0 Å². The molecule has 3 fully saturated rings. The maximum absolute atomic E-state index is 12.3. The highest BCUT2D eigenvalue weighted by Crippen LogP contribution is 2.55. The van der Waals surface area contributed by atoms with Crippen molar-refractivity contribution in [2.75, 3.05) is 6.61 Å². The molecule has 0 aliphatic heterocycles. The van der Waals surface area contributed by atoms with Gasteiger partial charge in [-0.2, -0.15) is 0 Å². The summed E-state index contributed by atoms with van der Waals surface area (Å²) in [7, 11) is 0. The summed E-state index contributed by atoms with van der Waals surface area (Å²) in [6.07, 6.45) is 7.31. The summed E-state index contributed by atoms with van der Waals surface area (Å²) in [5, 5.41) is 0. The quantitative estimate of drug-likeness (QED) is 0.740. The molecule has 4 heteroatoms. The molecule has 5 atom stereocenters. The van der Waals surface area contributed by atoms with Crippen LogP contribution in [0.25, 0.3) is 0 Å². The van der Waals surface area contributed by atoms with E-state index in [0.29, 0.717) is 23.7 Å². The van der Waals surface area contributed by atoms with Gasteiger partial charge in [0.25, 0.3) is 0 Å². The molecule has 0 aromatic rings. The lowest BCUT2D eigenvalue weighted by Gasteiger charge is -2.33. The van der Waals surface area contributed by atoms with E-state index in [0.717, 1.165) is 38.5 Å². The van der Waals surface area contributed by atoms with Gasteiger partial charge in [-0.15, -0.1) is 0 Å². The van der Waals surface area contributed by atoms with E-state index < -0.39 is 5.97 Å². The Bertz CT molecular complexity index is 464. The molecule has 5 unspecified atom stereocenters. The summed E-state index contributed by atoms with van der Waals surface area (Å²) >= 11 is 0. The maximum atomic E-state index is 12.3.